The molecule has 2 rings (SSSR count). The second kappa shape index (κ2) is 7.38. The number of aryl methyl sites for hydroxylation is 1. The van der Waals surface area contributed by atoms with Crippen molar-refractivity contribution in [2.75, 3.05) is 19.8 Å². The summed E-state index contributed by atoms with van der Waals surface area (Å²) in [5.74, 6) is 0. The van der Waals surface area contributed by atoms with Crippen LogP contribution in [0.1, 0.15) is 5.56 Å². The summed E-state index contributed by atoms with van der Waals surface area (Å²) >= 11 is 0. The molecule has 1 aromatic heterocycles. The van der Waals surface area contributed by atoms with Crippen molar-refractivity contribution in [2.45, 2.75) is 6.54 Å². The van der Waals surface area contributed by atoms with E-state index < -0.39 is 0 Å². The summed E-state index contributed by atoms with van der Waals surface area (Å²) in [6.45, 7) is 0.900. The molecule has 106 valence electrons. The minimum absolute atomic E-state index is 0. The fourth-order valence-electron chi connectivity index (χ4n) is 1.90. The zero-order valence-electron chi connectivity index (χ0n) is 11.3. The maximum atomic E-state index is 6.08. The van der Waals surface area contributed by atoms with Crippen LogP contribution in [0.4, 0.5) is 5.69 Å². The minimum atomic E-state index is 0. The topological polar surface area (TPSA) is 47.1 Å². The van der Waals surface area contributed by atoms with Crippen molar-refractivity contribution in [3.05, 3.63) is 36.2 Å². The van der Waals surface area contributed by atoms with E-state index in [1.54, 1.807) is 4.68 Å². The Morgan fingerprint density at radius 2 is 1.95 bits per heavy atom. The Morgan fingerprint density at radius 1 is 1.26 bits per heavy atom. The number of nitrogens with zero attached hydrogens (tertiary/aromatic N) is 3. The van der Waals surface area contributed by atoms with Crippen molar-refractivity contribution < 1.29 is 0 Å². The van der Waals surface area contributed by atoms with E-state index in [-0.39, 0.29) is 24.8 Å². The van der Waals surface area contributed by atoms with Gasteiger partial charge in [-0.1, -0.05) is 12.1 Å². The second-order valence-electron chi connectivity index (χ2n) is 4.56. The molecule has 0 fully saturated rings. The molecule has 0 radical (unpaired) electrons. The third kappa shape index (κ3) is 4.42. The quantitative estimate of drug-likeness (QED) is 0.887. The van der Waals surface area contributed by atoms with Gasteiger partial charge in [0.25, 0.3) is 0 Å². The largest absolute Gasteiger partial charge is 0.398 e. The first-order chi connectivity index (χ1) is 8.06. The molecule has 6 heteroatoms. The summed E-state index contributed by atoms with van der Waals surface area (Å²) in [6.07, 6.45) is 3.80. The molecular formula is C13H20Cl2N4. The van der Waals surface area contributed by atoms with Crippen molar-refractivity contribution in [3.63, 3.8) is 0 Å². The van der Waals surface area contributed by atoms with E-state index in [2.05, 4.69) is 22.1 Å². The van der Waals surface area contributed by atoms with Gasteiger partial charge in [-0.2, -0.15) is 5.10 Å². The number of nitrogens with two attached hydrogens (primary N) is 1. The number of nitrogen functional groups attached to an aromatic ring is 1. The highest BCUT2D eigenvalue weighted by Gasteiger charge is 2.06. The third-order valence-corrected chi connectivity index (χ3v) is 2.63. The van der Waals surface area contributed by atoms with Crippen LogP contribution in [-0.4, -0.2) is 28.8 Å². The number of rotatable bonds is 3. The lowest BCUT2D eigenvalue weighted by Gasteiger charge is -2.11. The summed E-state index contributed by atoms with van der Waals surface area (Å²) in [5.41, 5.74) is 10.2. The lowest BCUT2D eigenvalue weighted by atomic mass is 10.0. The lowest BCUT2D eigenvalue weighted by molar-refractivity contribution is 0.402. The highest BCUT2D eigenvalue weighted by molar-refractivity contribution is 5.85. The molecule has 2 aromatic rings. The number of aromatic nitrogens is 2. The molecule has 0 aliphatic heterocycles. The summed E-state index contributed by atoms with van der Waals surface area (Å²) < 4.78 is 1.78. The lowest BCUT2D eigenvalue weighted by Crippen LogP contribution is -2.10. The molecule has 19 heavy (non-hydrogen) atoms. The second-order valence-corrected chi connectivity index (χ2v) is 4.56. The minimum Gasteiger partial charge on any atom is -0.398 e. The molecule has 0 aliphatic rings. The van der Waals surface area contributed by atoms with Crippen molar-refractivity contribution in [2.24, 2.45) is 7.05 Å². The van der Waals surface area contributed by atoms with E-state index in [4.69, 9.17) is 5.73 Å². The van der Waals surface area contributed by atoms with Gasteiger partial charge in [-0.25, -0.2) is 0 Å². The molecule has 4 nitrogen and oxygen atoms in total. The van der Waals surface area contributed by atoms with E-state index in [9.17, 15) is 0 Å². The molecule has 0 saturated carbocycles. The first-order valence-electron chi connectivity index (χ1n) is 5.58. The Hall–Kier alpha value is -1.23. The van der Waals surface area contributed by atoms with Crippen LogP contribution in [0.15, 0.2) is 30.6 Å². The molecule has 0 aliphatic carbocycles. The maximum absolute atomic E-state index is 6.08. The van der Waals surface area contributed by atoms with E-state index in [1.165, 1.54) is 5.56 Å². The molecule has 1 heterocycles. The highest BCUT2D eigenvalue weighted by atomic mass is 35.5. The van der Waals surface area contributed by atoms with Gasteiger partial charge in [0.2, 0.25) is 0 Å². The Kier molecular flexibility index (Phi) is 6.90. The molecule has 0 bridgehead atoms. The van der Waals surface area contributed by atoms with Gasteiger partial charge in [0.05, 0.1) is 6.20 Å². The molecule has 1 aromatic carbocycles. The summed E-state index contributed by atoms with van der Waals surface area (Å²) in [7, 11) is 6.00. The summed E-state index contributed by atoms with van der Waals surface area (Å²) in [4.78, 5) is 2.12. The van der Waals surface area contributed by atoms with Gasteiger partial charge in [0, 0.05) is 36.6 Å². The smallest absolute Gasteiger partial charge is 0.0568 e. The van der Waals surface area contributed by atoms with Gasteiger partial charge >= 0.3 is 0 Å². The summed E-state index contributed by atoms with van der Waals surface area (Å²) in [6, 6.07) is 6.20. The molecule has 0 spiro atoms. The van der Waals surface area contributed by atoms with Crippen LogP contribution in [-0.2, 0) is 13.6 Å². The van der Waals surface area contributed by atoms with Crippen molar-refractivity contribution in [3.8, 4) is 11.1 Å². The van der Waals surface area contributed by atoms with Crippen molar-refractivity contribution in [1.82, 2.24) is 14.7 Å². The summed E-state index contributed by atoms with van der Waals surface area (Å²) in [5, 5.41) is 4.16. The van der Waals surface area contributed by atoms with Crippen molar-refractivity contribution in [1.29, 1.82) is 0 Å². The van der Waals surface area contributed by atoms with Crippen LogP contribution in [0.5, 0.6) is 0 Å². The Bertz CT molecular complexity index is 523. The average Bonchev–Trinajstić information content (AvgIpc) is 2.64. The van der Waals surface area contributed by atoms with E-state index in [0.717, 1.165) is 23.4 Å². The van der Waals surface area contributed by atoms with Gasteiger partial charge in [0.15, 0.2) is 0 Å². The first-order valence-corrected chi connectivity index (χ1v) is 5.58. The molecule has 0 saturated heterocycles. The molecule has 0 unspecified atom stereocenters. The van der Waals surface area contributed by atoms with E-state index >= 15 is 0 Å². The van der Waals surface area contributed by atoms with Crippen LogP contribution in [0.2, 0.25) is 0 Å². The standard InChI is InChI=1S/C13H18N4.2ClH/c1-16(2)8-10-4-5-12(13(14)6-10)11-7-15-17(3)9-11;;/h4-7,9H,8,14H2,1-3H3;2*1H. The zero-order valence-corrected chi connectivity index (χ0v) is 13.0. The number of anilines is 1. The first kappa shape index (κ1) is 17.8. The van der Waals surface area contributed by atoms with Crippen LogP contribution in [0.3, 0.4) is 0 Å². The normalized spacial score (nSPS) is 9.89. The van der Waals surface area contributed by atoms with Gasteiger partial charge in [-0.15, -0.1) is 24.8 Å². The predicted molar refractivity (Wildman–Crippen MR) is 84.9 cm³/mol. The Labute approximate surface area is 126 Å². The van der Waals surface area contributed by atoms with Gasteiger partial charge in [-0.3, -0.25) is 4.68 Å². The average molecular weight is 303 g/mol. The number of benzene rings is 1. The van der Waals surface area contributed by atoms with E-state index in [0.29, 0.717) is 0 Å². The number of hydrogen-bond acceptors (Lipinski definition) is 3. The SMILES string of the molecule is CN(C)Cc1ccc(-c2cnn(C)c2)c(N)c1.Cl.Cl. The molecule has 0 amide bonds. The molecular weight excluding hydrogens is 283 g/mol. The van der Waals surface area contributed by atoms with Crippen LogP contribution >= 0.6 is 24.8 Å². The maximum Gasteiger partial charge on any atom is 0.0568 e. The predicted octanol–water partition coefficient (Wildman–Crippen LogP) is 2.57. The molecule has 0 atom stereocenters. The zero-order chi connectivity index (χ0) is 12.4. The van der Waals surface area contributed by atoms with Gasteiger partial charge < -0.3 is 10.6 Å². The van der Waals surface area contributed by atoms with Crippen LogP contribution in [0, 0.1) is 0 Å². The monoisotopic (exact) mass is 302 g/mol. The van der Waals surface area contributed by atoms with Crippen molar-refractivity contribution >= 4 is 30.5 Å². The number of halogens is 2. The van der Waals surface area contributed by atoms with Gasteiger partial charge in [-0.05, 0) is 25.7 Å². The fraction of sp³-hybridized carbons (Fsp3) is 0.308. The third-order valence-electron chi connectivity index (χ3n) is 2.63. The fourth-order valence-corrected chi connectivity index (χ4v) is 1.90. The Balaban J connectivity index is 0.00000162. The highest BCUT2D eigenvalue weighted by Crippen LogP contribution is 2.26. The van der Waals surface area contributed by atoms with Crippen LogP contribution in [0.25, 0.3) is 11.1 Å². The number of hydrogen-bond donors (Lipinski definition) is 1. The van der Waals surface area contributed by atoms with E-state index in [1.807, 2.05) is 39.6 Å². The Morgan fingerprint density at radius 3 is 2.42 bits per heavy atom. The molecule has 2 N–H and O–H groups in total. The van der Waals surface area contributed by atoms with Gasteiger partial charge in [0.1, 0.15) is 0 Å². The van der Waals surface area contributed by atoms with Crippen LogP contribution < -0.4 is 5.73 Å².